The molecule has 0 aliphatic heterocycles. The molecule has 0 heterocycles. The van der Waals surface area contributed by atoms with Crippen molar-refractivity contribution in [3.63, 3.8) is 0 Å². The summed E-state index contributed by atoms with van der Waals surface area (Å²) in [6.45, 7) is 23.7. The first-order valence-corrected chi connectivity index (χ1v) is 16.2. The molecule has 0 aliphatic rings. The quantitative estimate of drug-likeness (QED) is 0.195. The molecule has 0 bridgehead atoms. The fourth-order valence-corrected chi connectivity index (χ4v) is 10.0. The van der Waals surface area contributed by atoms with Crippen molar-refractivity contribution in [2.45, 2.75) is 120 Å². The molecule has 0 rings (SSSR count). The minimum atomic E-state index is -3.97. The van der Waals surface area contributed by atoms with Crippen molar-refractivity contribution in [1.29, 1.82) is 0 Å². The van der Waals surface area contributed by atoms with E-state index in [2.05, 4.69) is 0 Å². The maximum atomic E-state index is 6.13. The van der Waals surface area contributed by atoms with Crippen molar-refractivity contribution in [3.8, 4) is 0 Å². The van der Waals surface area contributed by atoms with E-state index in [4.69, 9.17) is 26.5 Å². The molecular weight excluding hydrogens is 464 g/mol. The number of hydrogen-bond acceptors (Lipinski definition) is 8. The van der Waals surface area contributed by atoms with Crippen molar-refractivity contribution in [2.24, 2.45) is 0 Å². The Bertz CT molecular complexity index is 351. The summed E-state index contributed by atoms with van der Waals surface area (Å²) in [6.07, 6.45) is -0.511. The Morgan fingerprint density at radius 1 is 0.367 bits per heavy atom. The Morgan fingerprint density at radius 2 is 0.533 bits per heavy atom. The summed E-state index contributed by atoms with van der Waals surface area (Å²) in [4.78, 5) is 0. The van der Waals surface area contributed by atoms with Crippen LogP contribution < -0.4 is 0 Å². The van der Waals surface area contributed by atoms with Crippen LogP contribution in [0, 0.1) is 0 Å². The molecule has 0 aromatic carbocycles. The molecule has 0 saturated carbocycles. The van der Waals surface area contributed by atoms with E-state index in [0.717, 1.165) is 0 Å². The van der Waals surface area contributed by atoms with E-state index < -0.39 is 36.3 Å². The Hall–Kier alpha value is 1.11. The van der Waals surface area contributed by atoms with Gasteiger partial charge in [0.2, 0.25) is 0 Å². The molecule has 0 unspecified atom stereocenters. The second kappa shape index (κ2) is 15.1. The van der Waals surface area contributed by atoms with E-state index in [-0.39, 0.29) is 49.8 Å². The van der Waals surface area contributed by atoms with E-state index in [1.165, 1.54) is 0 Å². The first-order valence-electron chi connectivity index (χ1n) is 11.1. The first-order chi connectivity index (χ1) is 13.7. The predicted molar refractivity (Wildman–Crippen MR) is 109 cm³/mol. The van der Waals surface area contributed by atoms with E-state index in [0.29, 0.717) is 0 Å². The third kappa shape index (κ3) is 14.3. The molecule has 182 valence electrons. The predicted octanol–water partition coefficient (Wildman–Crippen LogP) is 5.20. The van der Waals surface area contributed by atoms with Gasteiger partial charge < -0.3 is 0 Å². The summed E-state index contributed by atoms with van der Waals surface area (Å²) in [6, 6.07) is 0. The van der Waals surface area contributed by atoms with Gasteiger partial charge in [-0.3, -0.25) is 0 Å². The normalized spacial score (nSPS) is 13.8. The fraction of sp³-hybridized carbons (Fsp3) is 1.00. The van der Waals surface area contributed by atoms with Crippen molar-refractivity contribution in [2.75, 3.05) is 13.2 Å². The van der Waals surface area contributed by atoms with E-state index >= 15 is 0 Å². The van der Waals surface area contributed by atoms with Crippen molar-refractivity contribution >= 4 is 0 Å². The molecule has 10 heteroatoms. The Balaban J connectivity index is 5.32. The molecule has 0 aromatic heterocycles. The summed E-state index contributed by atoms with van der Waals surface area (Å²) >= 11 is -7.94. The van der Waals surface area contributed by atoms with Gasteiger partial charge in [-0.1, -0.05) is 0 Å². The van der Waals surface area contributed by atoms with Gasteiger partial charge in [0.05, 0.1) is 0 Å². The summed E-state index contributed by atoms with van der Waals surface area (Å²) in [5.74, 6) is 0. The van der Waals surface area contributed by atoms with Crippen molar-refractivity contribution in [1.82, 2.24) is 0 Å². The molecule has 0 saturated heterocycles. The van der Waals surface area contributed by atoms with E-state index in [1.54, 1.807) is 0 Å². The first kappa shape index (κ1) is 31.1. The van der Waals surface area contributed by atoms with Crippen LogP contribution in [0.1, 0.15) is 83.1 Å². The Morgan fingerprint density at radius 3 is 0.667 bits per heavy atom. The molecule has 0 radical (unpaired) electrons. The second-order valence-electron chi connectivity index (χ2n) is 8.70. The fourth-order valence-electron chi connectivity index (χ4n) is 2.44. The molecule has 0 N–H and O–H groups in total. The van der Waals surface area contributed by atoms with Crippen LogP contribution >= 0.6 is 0 Å². The monoisotopic (exact) mass is 510 g/mol. The molecule has 0 spiro atoms. The van der Waals surface area contributed by atoms with Crippen LogP contribution in [0.15, 0.2) is 0 Å². The average molecular weight is 510 g/mol. The Labute approximate surface area is 195 Å². The van der Waals surface area contributed by atoms with Crippen LogP contribution in [-0.2, 0) is 62.8 Å². The van der Waals surface area contributed by atoms with Gasteiger partial charge in [0, 0.05) is 0 Å². The van der Waals surface area contributed by atoms with Gasteiger partial charge in [0.25, 0.3) is 0 Å². The molecule has 0 fully saturated rings. The van der Waals surface area contributed by atoms with Gasteiger partial charge in [-0.05, 0) is 0 Å². The van der Waals surface area contributed by atoms with Crippen LogP contribution in [0.4, 0.5) is 0 Å². The molecule has 0 amide bonds. The third-order valence-corrected chi connectivity index (χ3v) is 11.8. The molecule has 0 atom stereocenters. The van der Waals surface area contributed by atoms with Crippen LogP contribution in [0.5, 0.6) is 0 Å². The zero-order valence-electron chi connectivity index (χ0n) is 21.1. The molecule has 8 nitrogen and oxygen atoms in total. The minimum absolute atomic E-state index is 0.0852. The van der Waals surface area contributed by atoms with E-state index in [9.17, 15) is 0 Å². The Kier molecular flexibility index (Phi) is 15.7. The van der Waals surface area contributed by atoms with Gasteiger partial charge in [-0.15, -0.1) is 0 Å². The molecular formula is C20H46O8Ti2. The van der Waals surface area contributed by atoms with E-state index in [1.807, 2.05) is 83.1 Å². The average Bonchev–Trinajstić information content (AvgIpc) is 2.47. The SMILES string of the molecule is CC(C)[O][Ti]([O]CC[O][Ti]([O]C(C)C)([O]C(C)C)[O]C(C)C)([O]C(C)C)[O]C(C)C. The van der Waals surface area contributed by atoms with Gasteiger partial charge in [-0.25, -0.2) is 0 Å². The van der Waals surface area contributed by atoms with Gasteiger partial charge >= 0.3 is 196 Å². The van der Waals surface area contributed by atoms with Crippen molar-refractivity contribution in [3.05, 3.63) is 0 Å². The van der Waals surface area contributed by atoms with Crippen LogP contribution in [-0.4, -0.2) is 49.8 Å². The maximum absolute atomic E-state index is 6.13. The third-order valence-electron chi connectivity index (χ3n) is 2.92. The van der Waals surface area contributed by atoms with Gasteiger partial charge in [-0.2, -0.15) is 0 Å². The van der Waals surface area contributed by atoms with Crippen molar-refractivity contribution < 1.29 is 62.8 Å². The molecule has 0 aliphatic carbocycles. The second-order valence-corrected chi connectivity index (χ2v) is 14.9. The van der Waals surface area contributed by atoms with Gasteiger partial charge in [0.1, 0.15) is 0 Å². The van der Waals surface area contributed by atoms with Crippen LogP contribution in [0.25, 0.3) is 0 Å². The summed E-state index contributed by atoms with van der Waals surface area (Å²) < 4.78 is 48.7. The van der Waals surface area contributed by atoms with Crippen LogP contribution in [0.3, 0.4) is 0 Å². The summed E-state index contributed by atoms with van der Waals surface area (Å²) in [5, 5.41) is 0. The molecule has 0 aromatic rings. The molecule has 30 heavy (non-hydrogen) atoms. The zero-order valence-corrected chi connectivity index (χ0v) is 24.3. The number of rotatable bonds is 17. The summed E-state index contributed by atoms with van der Waals surface area (Å²) in [7, 11) is 0. The number of hydrogen-bond donors (Lipinski definition) is 0. The summed E-state index contributed by atoms with van der Waals surface area (Å²) in [5.41, 5.74) is 0. The standard InChI is InChI=1S/6C3H7O.C2H4O2.2Ti/c6*1-3(2)4;3-1-2-4;;/h6*3H,1-2H3;1-2H2;;/q6*-1;-2;2*+4. The van der Waals surface area contributed by atoms with Crippen LogP contribution in [0.2, 0.25) is 0 Å². The topological polar surface area (TPSA) is 73.8 Å². The zero-order chi connectivity index (χ0) is 23.5. The van der Waals surface area contributed by atoms with Gasteiger partial charge in [0.15, 0.2) is 0 Å².